The number of hydrogen-bond acceptors (Lipinski definition) is 3. The molecule has 1 fully saturated rings. The Kier molecular flexibility index (Phi) is 6.87. The summed E-state index contributed by atoms with van der Waals surface area (Å²) in [6, 6.07) is 8.58. The minimum absolute atomic E-state index is 0.673. The van der Waals surface area contributed by atoms with E-state index >= 15 is 0 Å². The van der Waals surface area contributed by atoms with Crippen LogP contribution < -0.4 is 14.8 Å². The first-order chi connectivity index (χ1) is 10.3. The fourth-order valence-electron chi connectivity index (χ4n) is 2.88. The highest BCUT2D eigenvalue weighted by Gasteiger charge is 2.20. The highest BCUT2D eigenvalue weighted by molar-refractivity contribution is 5.31. The lowest BCUT2D eigenvalue weighted by Crippen LogP contribution is -2.39. The van der Waals surface area contributed by atoms with E-state index in [0.29, 0.717) is 6.04 Å². The van der Waals surface area contributed by atoms with Gasteiger partial charge < -0.3 is 14.8 Å². The molecule has 3 nitrogen and oxygen atoms in total. The summed E-state index contributed by atoms with van der Waals surface area (Å²) in [5.74, 6) is 2.63. The van der Waals surface area contributed by atoms with Gasteiger partial charge in [-0.15, -0.1) is 0 Å². The second kappa shape index (κ2) is 8.93. The fraction of sp³-hybridized carbons (Fsp3) is 0.667. The summed E-state index contributed by atoms with van der Waals surface area (Å²) in [5.41, 5.74) is 0. The van der Waals surface area contributed by atoms with Gasteiger partial charge in [-0.3, -0.25) is 0 Å². The Morgan fingerprint density at radius 3 is 2.24 bits per heavy atom. The smallest absolute Gasteiger partial charge is 0.119 e. The van der Waals surface area contributed by atoms with Gasteiger partial charge in [-0.2, -0.15) is 0 Å². The fourth-order valence-corrected chi connectivity index (χ4v) is 2.88. The molecule has 2 unspecified atom stereocenters. The number of ether oxygens (including phenoxy) is 2. The molecule has 0 aliphatic heterocycles. The van der Waals surface area contributed by atoms with Crippen LogP contribution in [0.15, 0.2) is 24.3 Å². The first kappa shape index (κ1) is 16.2. The molecule has 21 heavy (non-hydrogen) atoms. The predicted molar refractivity (Wildman–Crippen MR) is 87.1 cm³/mol. The molecule has 0 aromatic heterocycles. The molecule has 118 valence electrons. The zero-order valence-corrected chi connectivity index (χ0v) is 13.4. The van der Waals surface area contributed by atoms with Crippen LogP contribution in [0.4, 0.5) is 0 Å². The van der Waals surface area contributed by atoms with Gasteiger partial charge >= 0.3 is 0 Å². The molecule has 0 heterocycles. The highest BCUT2D eigenvalue weighted by atomic mass is 16.5. The summed E-state index contributed by atoms with van der Waals surface area (Å²) in [5, 5.41) is 3.63. The molecule has 1 saturated carbocycles. The van der Waals surface area contributed by atoms with Crippen LogP contribution in [0.5, 0.6) is 11.5 Å². The van der Waals surface area contributed by atoms with Gasteiger partial charge in [0.25, 0.3) is 0 Å². The Balaban J connectivity index is 1.64. The Hall–Kier alpha value is -1.22. The standard InChI is InChI=1S/C18H29NO2/c1-3-13-20-16-8-10-17(11-9-16)21-14-12-19-18-7-5-4-6-15(18)2/h8-11,15,18-19H,3-7,12-14H2,1-2H3. The quantitative estimate of drug-likeness (QED) is 0.734. The average molecular weight is 291 g/mol. The van der Waals surface area contributed by atoms with Crippen molar-refractivity contribution >= 4 is 0 Å². The van der Waals surface area contributed by atoms with Gasteiger partial charge in [-0.25, -0.2) is 0 Å². The predicted octanol–water partition coefficient (Wildman–Crippen LogP) is 4.02. The lowest BCUT2D eigenvalue weighted by atomic mass is 9.86. The van der Waals surface area contributed by atoms with E-state index in [0.717, 1.165) is 43.6 Å². The summed E-state index contributed by atoms with van der Waals surface area (Å²) in [4.78, 5) is 0. The average Bonchev–Trinajstić information content (AvgIpc) is 2.52. The monoisotopic (exact) mass is 291 g/mol. The second-order valence-corrected chi connectivity index (χ2v) is 5.99. The van der Waals surface area contributed by atoms with E-state index in [1.54, 1.807) is 0 Å². The molecule has 0 radical (unpaired) electrons. The molecule has 0 spiro atoms. The molecule has 2 atom stereocenters. The topological polar surface area (TPSA) is 30.5 Å². The third-order valence-electron chi connectivity index (χ3n) is 4.19. The van der Waals surface area contributed by atoms with Crippen molar-refractivity contribution in [2.75, 3.05) is 19.8 Å². The van der Waals surface area contributed by atoms with Gasteiger partial charge in [0, 0.05) is 12.6 Å². The molecule has 1 N–H and O–H groups in total. The number of rotatable bonds is 8. The summed E-state index contributed by atoms with van der Waals surface area (Å²) < 4.78 is 11.3. The molecule has 0 bridgehead atoms. The Bertz CT molecular complexity index is 391. The minimum Gasteiger partial charge on any atom is -0.494 e. The third kappa shape index (κ3) is 5.58. The van der Waals surface area contributed by atoms with E-state index in [-0.39, 0.29) is 0 Å². The maximum atomic E-state index is 5.77. The van der Waals surface area contributed by atoms with Gasteiger partial charge in [0.15, 0.2) is 0 Å². The van der Waals surface area contributed by atoms with E-state index < -0.39 is 0 Å². The molecular formula is C18H29NO2. The maximum Gasteiger partial charge on any atom is 0.119 e. The number of hydrogen-bond donors (Lipinski definition) is 1. The third-order valence-corrected chi connectivity index (χ3v) is 4.19. The minimum atomic E-state index is 0.673. The molecule has 3 heteroatoms. The Morgan fingerprint density at radius 1 is 1.00 bits per heavy atom. The van der Waals surface area contributed by atoms with Crippen LogP contribution >= 0.6 is 0 Å². The molecule has 1 aliphatic rings. The normalized spacial score (nSPS) is 22.0. The van der Waals surface area contributed by atoms with E-state index in [4.69, 9.17) is 9.47 Å². The van der Waals surface area contributed by atoms with Crippen molar-refractivity contribution < 1.29 is 9.47 Å². The van der Waals surface area contributed by atoms with E-state index in [9.17, 15) is 0 Å². The van der Waals surface area contributed by atoms with E-state index in [1.165, 1.54) is 25.7 Å². The molecule has 1 aliphatic carbocycles. The van der Waals surface area contributed by atoms with Gasteiger partial charge in [0.1, 0.15) is 18.1 Å². The highest BCUT2D eigenvalue weighted by Crippen LogP contribution is 2.23. The van der Waals surface area contributed by atoms with Crippen molar-refractivity contribution in [2.24, 2.45) is 5.92 Å². The van der Waals surface area contributed by atoms with Crippen LogP contribution in [0.3, 0.4) is 0 Å². The maximum absolute atomic E-state index is 5.77. The van der Waals surface area contributed by atoms with Crippen molar-refractivity contribution in [1.29, 1.82) is 0 Å². The van der Waals surface area contributed by atoms with Crippen LogP contribution in [0, 0.1) is 5.92 Å². The number of nitrogens with one attached hydrogen (secondary N) is 1. The van der Waals surface area contributed by atoms with Gasteiger partial charge in [-0.1, -0.05) is 26.7 Å². The summed E-state index contributed by atoms with van der Waals surface area (Å²) in [7, 11) is 0. The van der Waals surface area contributed by atoms with E-state index in [2.05, 4.69) is 19.2 Å². The SMILES string of the molecule is CCCOc1ccc(OCCNC2CCCCC2C)cc1. The largest absolute Gasteiger partial charge is 0.494 e. The van der Waals surface area contributed by atoms with Crippen LogP contribution in [-0.4, -0.2) is 25.8 Å². The van der Waals surface area contributed by atoms with Crippen molar-refractivity contribution in [3.63, 3.8) is 0 Å². The summed E-state index contributed by atoms with van der Waals surface area (Å²) in [6.45, 7) is 6.87. The van der Waals surface area contributed by atoms with Gasteiger partial charge in [0.05, 0.1) is 6.61 Å². The van der Waals surface area contributed by atoms with E-state index in [1.807, 2.05) is 24.3 Å². The van der Waals surface area contributed by atoms with Crippen LogP contribution in [0.1, 0.15) is 46.0 Å². The first-order valence-electron chi connectivity index (χ1n) is 8.38. The molecule has 0 saturated heterocycles. The zero-order chi connectivity index (χ0) is 14.9. The van der Waals surface area contributed by atoms with Crippen molar-refractivity contribution in [2.45, 2.75) is 52.0 Å². The molecule has 1 aromatic rings. The Morgan fingerprint density at radius 2 is 1.62 bits per heavy atom. The first-order valence-corrected chi connectivity index (χ1v) is 8.38. The summed E-state index contributed by atoms with van der Waals surface area (Å²) in [6.07, 6.45) is 6.45. The lowest BCUT2D eigenvalue weighted by Gasteiger charge is -2.29. The van der Waals surface area contributed by atoms with Crippen molar-refractivity contribution in [1.82, 2.24) is 5.32 Å². The summed E-state index contributed by atoms with van der Waals surface area (Å²) >= 11 is 0. The number of benzene rings is 1. The lowest BCUT2D eigenvalue weighted by molar-refractivity contribution is 0.251. The van der Waals surface area contributed by atoms with Crippen LogP contribution in [-0.2, 0) is 0 Å². The molecule has 0 amide bonds. The molecule has 2 rings (SSSR count). The second-order valence-electron chi connectivity index (χ2n) is 5.99. The van der Waals surface area contributed by atoms with Crippen molar-refractivity contribution in [3.05, 3.63) is 24.3 Å². The van der Waals surface area contributed by atoms with Gasteiger partial charge in [0.2, 0.25) is 0 Å². The Labute approximate surface area is 129 Å². The van der Waals surface area contributed by atoms with Gasteiger partial charge in [-0.05, 0) is 49.4 Å². The molecular weight excluding hydrogens is 262 g/mol. The van der Waals surface area contributed by atoms with Crippen molar-refractivity contribution in [3.8, 4) is 11.5 Å². The van der Waals surface area contributed by atoms with Crippen LogP contribution in [0.2, 0.25) is 0 Å². The van der Waals surface area contributed by atoms with Crippen LogP contribution in [0.25, 0.3) is 0 Å². The molecule has 1 aromatic carbocycles. The zero-order valence-electron chi connectivity index (χ0n) is 13.4.